The Morgan fingerprint density at radius 1 is 1.44 bits per heavy atom. The fraction of sp³-hybridized carbons (Fsp3) is 0.818. The van der Waals surface area contributed by atoms with E-state index < -0.39 is 0 Å². The van der Waals surface area contributed by atoms with E-state index in [-0.39, 0.29) is 6.61 Å². The molecule has 0 atom stereocenters. The fourth-order valence-electron chi connectivity index (χ4n) is 2.29. The molecule has 2 rings (SSSR count). The van der Waals surface area contributed by atoms with E-state index in [4.69, 9.17) is 5.11 Å². The van der Waals surface area contributed by atoms with Crippen molar-refractivity contribution in [2.75, 3.05) is 19.6 Å². The van der Waals surface area contributed by atoms with Crippen LogP contribution in [0, 0.1) is 0 Å². The first-order valence-corrected chi connectivity index (χ1v) is 6.07. The molecule has 0 amide bonds. The number of piperidine rings is 1. The van der Waals surface area contributed by atoms with Gasteiger partial charge in [0.25, 0.3) is 0 Å². The molecule has 16 heavy (non-hydrogen) atoms. The molecular formula is C11H20N4O. The summed E-state index contributed by atoms with van der Waals surface area (Å²) < 4.78 is 1.91. The van der Waals surface area contributed by atoms with Gasteiger partial charge >= 0.3 is 0 Å². The van der Waals surface area contributed by atoms with Gasteiger partial charge in [0.1, 0.15) is 5.69 Å². The molecule has 1 aromatic rings. The molecule has 2 heterocycles. The third kappa shape index (κ3) is 2.59. The van der Waals surface area contributed by atoms with E-state index in [0.717, 1.165) is 25.9 Å². The molecule has 0 unspecified atom stereocenters. The maximum Gasteiger partial charge on any atom is 0.108 e. The first-order valence-electron chi connectivity index (χ1n) is 6.07. The van der Waals surface area contributed by atoms with Crippen LogP contribution >= 0.6 is 0 Å². The third-order valence-electron chi connectivity index (χ3n) is 3.19. The average Bonchev–Trinajstić information content (AvgIpc) is 2.79. The van der Waals surface area contributed by atoms with Crippen LogP contribution in [0.1, 0.15) is 37.9 Å². The largest absolute Gasteiger partial charge is 0.390 e. The van der Waals surface area contributed by atoms with Crippen LogP contribution in [0.3, 0.4) is 0 Å². The lowest BCUT2D eigenvalue weighted by molar-refractivity contribution is 0.179. The van der Waals surface area contributed by atoms with E-state index >= 15 is 0 Å². The van der Waals surface area contributed by atoms with Gasteiger partial charge in [-0.1, -0.05) is 12.1 Å². The van der Waals surface area contributed by atoms with Gasteiger partial charge in [-0.2, -0.15) is 0 Å². The molecule has 0 radical (unpaired) electrons. The van der Waals surface area contributed by atoms with Crippen molar-refractivity contribution in [2.45, 2.75) is 38.8 Å². The Morgan fingerprint density at radius 2 is 2.19 bits per heavy atom. The lowest BCUT2D eigenvalue weighted by Gasteiger charge is -2.31. The molecule has 1 N–H and O–H groups in total. The van der Waals surface area contributed by atoms with Crippen molar-refractivity contribution in [1.82, 2.24) is 19.9 Å². The first kappa shape index (κ1) is 11.5. The van der Waals surface area contributed by atoms with Gasteiger partial charge in [-0.3, -0.25) is 0 Å². The minimum atomic E-state index is -0.0192. The number of aliphatic hydroxyl groups excluding tert-OH is 1. The Bertz CT molecular complexity index is 318. The summed E-state index contributed by atoms with van der Waals surface area (Å²) in [6, 6.07) is 0.459. The number of hydrogen-bond donors (Lipinski definition) is 1. The Hall–Kier alpha value is -0.940. The lowest BCUT2D eigenvalue weighted by atomic mass is 10.1. The maximum atomic E-state index is 8.94. The predicted molar refractivity (Wildman–Crippen MR) is 60.9 cm³/mol. The first-order chi connectivity index (χ1) is 7.83. The zero-order valence-corrected chi connectivity index (χ0v) is 9.84. The molecule has 0 saturated carbocycles. The molecule has 0 aliphatic carbocycles. The zero-order chi connectivity index (χ0) is 11.4. The zero-order valence-electron chi connectivity index (χ0n) is 9.84. The van der Waals surface area contributed by atoms with Gasteiger partial charge in [-0.05, 0) is 25.8 Å². The molecule has 5 heteroatoms. The van der Waals surface area contributed by atoms with Crippen LogP contribution in [0.4, 0.5) is 0 Å². The summed E-state index contributed by atoms with van der Waals surface area (Å²) in [5.74, 6) is 0. The van der Waals surface area contributed by atoms with Gasteiger partial charge in [-0.25, -0.2) is 4.68 Å². The number of aromatic nitrogens is 3. The van der Waals surface area contributed by atoms with Gasteiger partial charge in [0.2, 0.25) is 0 Å². The Morgan fingerprint density at radius 3 is 2.75 bits per heavy atom. The van der Waals surface area contributed by atoms with Crippen LogP contribution in [-0.2, 0) is 6.61 Å². The van der Waals surface area contributed by atoms with Crippen LogP contribution in [-0.4, -0.2) is 44.6 Å². The highest BCUT2D eigenvalue weighted by molar-refractivity contribution is 4.91. The molecule has 5 nitrogen and oxygen atoms in total. The molecule has 0 aromatic carbocycles. The number of likely N-dealkylation sites (tertiary alicyclic amines) is 1. The van der Waals surface area contributed by atoms with Crippen LogP contribution in [0.2, 0.25) is 0 Å². The standard InChI is InChI=1S/C11H20N4O/c1-2-5-14-6-3-11(4-7-14)15-8-10(9-16)12-13-15/h8,11,16H,2-7,9H2,1H3. The smallest absolute Gasteiger partial charge is 0.108 e. The van der Waals surface area contributed by atoms with Gasteiger partial charge in [0.15, 0.2) is 0 Å². The predicted octanol–water partition coefficient (Wildman–Crippen LogP) is 0.817. The summed E-state index contributed by atoms with van der Waals surface area (Å²) >= 11 is 0. The number of hydrogen-bond acceptors (Lipinski definition) is 4. The van der Waals surface area contributed by atoms with Crippen molar-refractivity contribution in [1.29, 1.82) is 0 Å². The molecule has 0 spiro atoms. The van der Waals surface area contributed by atoms with E-state index in [0.29, 0.717) is 11.7 Å². The number of rotatable bonds is 4. The van der Waals surface area contributed by atoms with Crippen molar-refractivity contribution in [3.8, 4) is 0 Å². The van der Waals surface area contributed by atoms with Crippen LogP contribution in [0.15, 0.2) is 6.20 Å². The molecule has 1 aliphatic heterocycles. The minimum Gasteiger partial charge on any atom is -0.390 e. The second-order valence-corrected chi connectivity index (χ2v) is 4.42. The summed E-state index contributed by atoms with van der Waals surface area (Å²) in [4.78, 5) is 2.50. The summed E-state index contributed by atoms with van der Waals surface area (Å²) in [5.41, 5.74) is 0.663. The van der Waals surface area contributed by atoms with Gasteiger partial charge in [0.05, 0.1) is 18.8 Å². The van der Waals surface area contributed by atoms with Crippen molar-refractivity contribution in [3.63, 3.8) is 0 Å². The fourth-order valence-corrected chi connectivity index (χ4v) is 2.29. The van der Waals surface area contributed by atoms with Crippen molar-refractivity contribution < 1.29 is 5.11 Å². The quantitative estimate of drug-likeness (QED) is 0.822. The minimum absolute atomic E-state index is 0.0192. The molecule has 90 valence electrons. The Labute approximate surface area is 96.1 Å². The van der Waals surface area contributed by atoms with E-state index in [1.807, 2.05) is 10.9 Å². The second-order valence-electron chi connectivity index (χ2n) is 4.42. The maximum absolute atomic E-state index is 8.94. The van der Waals surface area contributed by atoms with E-state index in [9.17, 15) is 0 Å². The monoisotopic (exact) mass is 224 g/mol. The third-order valence-corrected chi connectivity index (χ3v) is 3.19. The Kier molecular flexibility index (Phi) is 3.90. The van der Waals surface area contributed by atoms with Crippen LogP contribution in [0.25, 0.3) is 0 Å². The van der Waals surface area contributed by atoms with Crippen molar-refractivity contribution >= 4 is 0 Å². The molecule has 1 aromatic heterocycles. The van der Waals surface area contributed by atoms with Gasteiger partial charge in [0, 0.05) is 13.1 Å². The van der Waals surface area contributed by atoms with Crippen molar-refractivity contribution in [2.24, 2.45) is 0 Å². The highest BCUT2D eigenvalue weighted by Gasteiger charge is 2.20. The molecule has 1 aliphatic rings. The number of aliphatic hydroxyl groups is 1. The van der Waals surface area contributed by atoms with E-state index in [2.05, 4.69) is 22.1 Å². The summed E-state index contributed by atoms with van der Waals surface area (Å²) in [6.45, 7) is 5.69. The molecule has 0 bridgehead atoms. The average molecular weight is 224 g/mol. The van der Waals surface area contributed by atoms with Gasteiger partial charge in [-0.15, -0.1) is 5.10 Å². The second kappa shape index (κ2) is 5.41. The van der Waals surface area contributed by atoms with Gasteiger partial charge < -0.3 is 10.0 Å². The van der Waals surface area contributed by atoms with E-state index in [1.54, 1.807) is 0 Å². The lowest BCUT2D eigenvalue weighted by Crippen LogP contribution is -2.35. The highest BCUT2D eigenvalue weighted by Crippen LogP contribution is 2.21. The Balaban J connectivity index is 1.88. The molecule has 1 fully saturated rings. The highest BCUT2D eigenvalue weighted by atomic mass is 16.3. The summed E-state index contributed by atoms with van der Waals surface area (Å²) in [7, 11) is 0. The topological polar surface area (TPSA) is 54.2 Å². The number of nitrogens with zero attached hydrogens (tertiary/aromatic N) is 4. The molecular weight excluding hydrogens is 204 g/mol. The van der Waals surface area contributed by atoms with E-state index in [1.165, 1.54) is 13.0 Å². The summed E-state index contributed by atoms with van der Waals surface area (Å²) in [6.07, 6.45) is 5.35. The van der Waals surface area contributed by atoms with Crippen LogP contribution in [0.5, 0.6) is 0 Å². The molecule has 1 saturated heterocycles. The van der Waals surface area contributed by atoms with Crippen LogP contribution < -0.4 is 0 Å². The summed E-state index contributed by atoms with van der Waals surface area (Å²) in [5, 5.41) is 16.9. The normalized spacial score (nSPS) is 19.1. The SMILES string of the molecule is CCCN1CCC(n2cc(CO)nn2)CC1. The van der Waals surface area contributed by atoms with Crippen molar-refractivity contribution in [3.05, 3.63) is 11.9 Å².